The number of aromatic amines is 1. The van der Waals surface area contributed by atoms with Crippen LogP contribution in [0.2, 0.25) is 0 Å². The lowest BCUT2D eigenvalue weighted by molar-refractivity contribution is 0.0361. The molecule has 0 bridgehead atoms. The van der Waals surface area contributed by atoms with Gasteiger partial charge in [-0.1, -0.05) is 0 Å². The average molecular weight is 366 g/mol. The van der Waals surface area contributed by atoms with E-state index >= 15 is 0 Å². The highest BCUT2D eigenvalue weighted by molar-refractivity contribution is 5.93. The van der Waals surface area contributed by atoms with Crippen LogP contribution in [-0.2, 0) is 11.3 Å². The minimum atomic E-state index is -0.270. The van der Waals surface area contributed by atoms with Crippen LogP contribution in [0.5, 0.6) is 0 Å². The maximum absolute atomic E-state index is 13.9. The maximum atomic E-state index is 13.9. The zero-order chi connectivity index (χ0) is 18.2. The number of morpholine rings is 1. The second kappa shape index (κ2) is 6.71. The number of halogens is 1. The van der Waals surface area contributed by atoms with Gasteiger partial charge in [0.2, 0.25) is 0 Å². The van der Waals surface area contributed by atoms with Gasteiger partial charge in [-0.25, -0.2) is 14.4 Å². The van der Waals surface area contributed by atoms with Crippen molar-refractivity contribution in [3.63, 3.8) is 0 Å². The molecule has 4 aromatic rings. The smallest absolute Gasteiger partial charge is 0.156 e. The van der Waals surface area contributed by atoms with Gasteiger partial charge in [-0.05, 0) is 24.3 Å². The highest BCUT2D eigenvalue weighted by Gasteiger charge is 2.17. The van der Waals surface area contributed by atoms with Crippen molar-refractivity contribution in [3.8, 4) is 11.4 Å². The van der Waals surface area contributed by atoms with Crippen LogP contribution in [0.15, 0.2) is 36.7 Å². The summed E-state index contributed by atoms with van der Waals surface area (Å²) < 4.78 is 21.2. The molecular formula is C19H19FN6O. The first-order valence-corrected chi connectivity index (χ1v) is 9.04. The summed E-state index contributed by atoms with van der Waals surface area (Å²) >= 11 is 0. The zero-order valence-corrected chi connectivity index (χ0v) is 14.7. The zero-order valence-electron chi connectivity index (χ0n) is 14.7. The topological polar surface area (TPSA) is 71.9 Å². The van der Waals surface area contributed by atoms with Gasteiger partial charge in [0.15, 0.2) is 5.65 Å². The monoisotopic (exact) mass is 366 g/mol. The molecule has 0 aliphatic carbocycles. The lowest BCUT2D eigenvalue weighted by Gasteiger charge is -2.26. The van der Waals surface area contributed by atoms with Crippen molar-refractivity contribution >= 4 is 22.1 Å². The maximum Gasteiger partial charge on any atom is 0.156 e. The third kappa shape index (κ3) is 3.07. The summed E-state index contributed by atoms with van der Waals surface area (Å²) in [7, 11) is 0. The Kier molecular flexibility index (Phi) is 4.06. The van der Waals surface area contributed by atoms with E-state index in [9.17, 15) is 4.39 Å². The van der Waals surface area contributed by atoms with Crippen molar-refractivity contribution < 1.29 is 9.13 Å². The number of hydrogen-bond acceptors (Lipinski definition) is 5. The summed E-state index contributed by atoms with van der Waals surface area (Å²) in [5, 5.41) is 5.63. The van der Waals surface area contributed by atoms with Gasteiger partial charge in [-0.3, -0.25) is 9.58 Å². The molecule has 1 aliphatic heterocycles. The van der Waals surface area contributed by atoms with Crippen LogP contribution in [0.3, 0.4) is 0 Å². The number of fused-ring (bicyclic) bond motifs is 2. The van der Waals surface area contributed by atoms with Crippen LogP contribution in [0, 0.1) is 5.82 Å². The van der Waals surface area contributed by atoms with Crippen molar-refractivity contribution in [2.45, 2.75) is 6.54 Å². The summed E-state index contributed by atoms with van der Waals surface area (Å²) in [5.41, 5.74) is 3.70. The molecule has 0 amide bonds. The van der Waals surface area contributed by atoms with E-state index in [1.807, 2.05) is 16.9 Å². The minimum Gasteiger partial charge on any atom is -0.379 e. The molecule has 1 aliphatic rings. The van der Waals surface area contributed by atoms with Gasteiger partial charge in [-0.2, -0.15) is 5.10 Å². The van der Waals surface area contributed by atoms with Gasteiger partial charge in [-0.15, -0.1) is 0 Å². The largest absolute Gasteiger partial charge is 0.379 e. The third-order valence-electron chi connectivity index (χ3n) is 4.95. The van der Waals surface area contributed by atoms with E-state index in [1.54, 1.807) is 12.3 Å². The SMILES string of the molecule is Fc1ccc2c(-c3cnc4[nH]ccc4n3)nn(CCN3CCOCC3)c2c1. The Bertz CT molecular complexity index is 1100. The van der Waals surface area contributed by atoms with E-state index in [0.29, 0.717) is 12.2 Å². The lowest BCUT2D eigenvalue weighted by atomic mass is 10.1. The molecule has 3 aromatic heterocycles. The van der Waals surface area contributed by atoms with E-state index in [1.165, 1.54) is 12.1 Å². The first-order chi connectivity index (χ1) is 13.3. The van der Waals surface area contributed by atoms with Gasteiger partial charge in [0, 0.05) is 31.2 Å². The highest BCUT2D eigenvalue weighted by atomic mass is 19.1. The van der Waals surface area contributed by atoms with Gasteiger partial charge in [0.05, 0.1) is 31.5 Å². The summed E-state index contributed by atoms with van der Waals surface area (Å²) in [6.45, 7) is 4.86. The molecule has 1 saturated heterocycles. The number of aromatic nitrogens is 5. The molecule has 0 unspecified atom stereocenters. The summed E-state index contributed by atoms with van der Waals surface area (Å²) in [5.74, 6) is -0.270. The third-order valence-corrected chi connectivity index (χ3v) is 4.95. The van der Waals surface area contributed by atoms with Crippen molar-refractivity contribution in [2.24, 2.45) is 0 Å². The summed E-state index contributed by atoms with van der Waals surface area (Å²) in [6, 6.07) is 6.64. The predicted molar refractivity (Wildman–Crippen MR) is 99.8 cm³/mol. The van der Waals surface area contributed by atoms with E-state index in [4.69, 9.17) is 9.84 Å². The molecule has 7 nitrogen and oxygen atoms in total. The number of benzene rings is 1. The Labute approximate surface area is 154 Å². The summed E-state index contributed by atoms with van der Waals surface area (Å²) in [6.07, 6.45) is 3.51. The Morgan fingerprint density at radius 2 is 2.04 bits per heavy atom. The molecule has 1 aromatic carbocycles. The van der Waals surface area contributed by atoms with Crippen molar-refractivity contribution in [2.75, 3.05) is 32.8 Å². The minimum absolute atomic E-state index is 0.270. The fourth-order valence-electron chi connectivity index (χ4n) is 3.51. The first-order valence-electron chi connectivity index (χ1n) is 9.04. The first kappa shape index (κ1) is 16.3. The highest BCUT2D eigenvalue weighted by Crippen LogP contribution is 2.28. The molecule has 0 spiro atoms. The van der Waals surface area contributed by atoms with Gasteiger partial charge < -0.3 is 9.72 Å². The fraction of sp³-hybridized carbons (Fsp3) is 0.316. The molecular weight excluding hydrogens is 347 g/mol. The van der Waals surface area contributed by atoms with E-state index in [2.05, 4.69) is 19.9 Å². The van der Waals surface area contributed by atoms with Crippen molar-refractivity contribution in [3.05, 3.63) is 42.5 Å². The second-order valence-electron chi connectivity index (χ2n) is 6.65. The number of ether oxygens (including phenoxy) is 1. The van der Waals surface area contributed by atoms with Gasteiger partial charge >= 0.3 is 0 Å². The van der Waals surface area contributed by atoms with Crippen molar-refractivity contribution in [1.29, 1.82) is 0 Å². The van der Waals surface area contributed by atoms with Crippen LogP contribution in [0.4, 0.5) is 4.39 Å². The number of hydrogen-bond donors (Lipinski definition) is 1. The quantitative estimate of drug-likeness (QED) is 0.601. The molecule has 8 heteroatoms. The van der Waals surface area contributed by atoms with Crippen molar-refractivity contribution in [1.82, 2.24) is 29.6 Å². The number of H-pyrrole nitrogens is 1. The molecule has 0 saturated carbocycles. The number of nitrogens with one attached hydrogen (secondary N) is 1. The Morgan fingerprint density at radius 1 is 1.15 bits per heavy atom. The molecule has 0 radical (unpaired) electrons. The lowest BCUT2D eigenvalue weighted by Crippen LogP contribution is -2.38. The van der Waals surface area contributed by atoms with Crippen LogP contribution >= 0.6 is 0 Å². The van der Waals surface area contributed by atoms with Crippen LogP contribution < -0.4 is 0 Å². The molecule has 27 heavy (non-hydrogen) atoms. The Balaban J connectivity index is 1.53. The summed E-state index contributed by atoms with van der Waals surface area (Å²) in [4.78, 5) is 14.4. The number of rotatable bonds is 4. The molecule has 0 atom stereocenters. The molecule has 1 fully saturated rings. The van der Waals surface area contributed by atoms with E-state index in [0.717, 1.165) is 60.6 Å². The van der Waals surface area contributed by atoms with Crippen LogP contribution in [0.25, 0.3) is 33.5 Å². The second-order valence-corrected chi connectivity index (χ2v) is 6.65. The molecule has 138 valence electrons. The number of nitrogens with zero attached hydrogens (tertiary/aromatic N) is 5. The Hall–Kier alpha value is -2.84. The van der Waals surface area contributed by atoms with Gasteiger partial charge in [0.1, 0.15) is 22.7 Å². The van der Waals surface area contributed by atoms with E-state index in [-0.39, 0.29) is 5.82 Å². The fourth-order valence-corrected chi connectivity index (χ4v) is 3.51. The Morgan fingerprint density at radius 3 is 2.93 bits per heavy atom. The standard InChI is InChI=1S/C19H19FN6O/c20-13-1-2-14-17(11-13)26(6-5-25-7-9-27-10-8-25)24-18(14)16-12-22-19-15(23-16)3-4-21-19/h1-4,11-12H,5-10H2,(H,21,22). The van der Waals surface area contributed by atoms with E-state index < -0.39 is 0 Å². The average Bonchev–Trinajstić information content (AvgIpc) is 3.31. The molecule has 4 heterocycles. The normalized spacial score (nSPS) is 15.7. The van der Waals surface area contributed by atoms with Gasteiger partial charge in [0.25, 0.3) is 0 Å². The molecule has 5 rings (SSSR count). The van der Waals surface area contributed by atoms with Crippen LogP contribution in [-0.4, -0.2) is 62.5 Å². The molecule has 1 N–H and O–H groups in total. The van der Waals surface area contributed by atoms with Crippen LogP contribution in [0.1, 0.15) is 0 Å². The predicted octanol–water partition coefficient (Wildman–Crippen LogP) is 2.45.